The molecule has 0 unspecified atom stereocenters. The number of amides is 1. The summed E-state index contributed by atoms with van der Waals surface area (Å²) >= 11 is 5.81. The van der Waals surface area contributed by atoms with Crippen LogP contribution >= 0.6 is 11.6 Å². The average molecular weight is 295 g/mol. The highest BCUT2D eigenvalue weighted by Gasteiger charge is 2.16. The van der Waals surface area contributed by atoms with Crippen LogP contribution in [0.15, 0.2) is 36.7 Å². The van der Waals surface area contributed by atoms with Gasteiger partial charge in [0.2, 0.25) is 0 Å². The van der Waals surface area contributed by atoms with Crippen molar-refractivity contribution in [3.63, 3.8) is 0 Å². The average Bonchev–Trinajstić information content (AvgIpc) is 2.41. The van der Waals surface area contributed by atoms with Gasteiger partial charge in [-0.15, -0.1) is 0 Å². The third-order valence-corrected chi connectivity index (χ3v) is 2.78. The molecule has 0 bridgehead atoms. The predicted octanol–water partition coefficient (Wildman–Crippen LogP) is 2.82. The molecule has 0 atom stereocenters. The van der Waals surface area contributed by atoms with Crippen LogP contribution in [0.5, 0.6) is 0 Å². The standard InChI is InChI=1S/C13H8ClFN2O3/c14-10-6-16-4-3-8(10)12(18)17-11-2-1-7(15)5-9(11)13(19)20/h1-6H,(H,17,18)(H,19,20). The van der Waals surface area contributed by atoms with E-state index in [1.165, 1.54) is 24.5 Å². The molecule has 2 N–H and O–H groups in total. The molecule has 1 aromatic heterocycles. The molecule has 1 heterocycles. The molecule has 2 aromatic rings. The van der Waals surface area contributed by atoms with Crippen LogP contribution in [0, 0.1) is 5.82 Å². The Hall–Kier alpha value is -2.47. The zero-order chi connectivity index (χ0) is 14.7. The van der Waals surface area contributed by atoms with Gasteiger partial charge in [0.25, 0.3) is 5.91 Å². The van der Waals surface area contributed by atoms with E-state index in [-0.39, 0.29) is 21.8 Å². The van der Waals surface area contributed by atoms with Crippen molar-refractivity contribution in [2.24, 2.45) is 0 Å². The number of hydrogen-bond acceptors (Lipinski definition) is 3. The van der Waals surface area contributed by atoms with Crippen molar-refractivity contribution in [2.75, 3.05) is 5.32 Å². The van der Waals surface area contributed by atoms with Gasteiger partial charge in [-0.3, -0.25) is 9.78 Å². The number of rotatable bonds is 3. The van der Waals surface area contributed by atoms with Crippen LogP contribution in [0.3, 0.4) is 0 Å². The second-order valence-corrected chi connectivity index (χ2v) is 4.21. The summed E-state index contributed by atoms with van der Waals surface area (Å²) in [6, 6.07) is 4.44. The van der Waals surface area contributed by atoms with Gasteiger partial charge in [0, 0.05) is 12.4 Å². The molecule has 0 aliphatic rings. The number of carboxylic acid groups (broad SMARTS) is 1. The second-order valence-electron chi connectivity index (χ2n) is 3.80. The molecule has 0 aliphatic carbocycles. The summed E-state index contributed by atoms with van der Waals surface area (Å²) in [5.41, 5.74) is -0.220. The Balaban J connectivity index is 2.33. The fourth-order valence-corrected chi connectivity index (χ4v) is 1.76. The lowest BCUT2D eigenvalue weighted by Gasteiger charge is -2.09. The summed E-state index contributed by atoms with van der Waals surface area (Å²) in [5.74, 6) is -2.66. The van der Waals surface area contributed by atoms with Gasteiger partial charge in [0.15, 0.2) is 0 Å². The van der Waals surface area contributed by atoms with Crippen molar-refractivity contribution in [3.8, 4) is 0 Å². The molecule has 5 nitrogen and oxygen atoms in total. The van der Waals surface area contributed by atoms with Crippen molar-refractivity contribution in [1.82, 2.24) is 4.98 Å². The number of aromatic carboxylic acids is 1. The van der Waals surface area contributed by atoms with Crippen LogP contribution in [0.4, 0.5) is 10.1 Å². The van der Waals surface area contributed by atoms with E-state index in [0.29, 0.717) is 0 Å². The zero-order valence-electron chi connectivity index (χ0n) is 9.93. The topological polar surface area (TPSA) is 79.3 Å². The Bertz CT molecular complexity index is 691. The molecule has 2 rings (SSSR count). The molecular formula is C13H8ClFN2O3. The number of nitrogens with zero attached hydrogens (tertiary/aromatic N) is 1. The van der Waals surface area contributed by atoms with E-state index in [9.17, 15) is 14.0 Å². The Morgan fingerprint density at radius 2 is 2.00 bits per heavy atom. The number of anilines is 1. The molecule has 0 radical (unpaired) electrons. The molecule has 0 saturated carbocycles. The lowest BCUT2D eigenvalue weighted by Crippen LogP contribution is -2.15. The van der Waals surface area contributed by atoms with Crippen molar-refractivity contribution in [1.29, 1.82) is 0 Å². The summed E-state index contributed by atoms with van der Waals surface area (Å²) in [5, 5.41) is 11.5. The van der Waals surface area contributed by atoms with Crippen LogP contribution in [-0.4, -0.2) is 22.0 Å². The number of carbonyl (C=O) groups is 2. The Morgan fingerprint density at radius 3 is 2.65 bits per heavy atom. The van der Waals surface area contributed by atoms with Crippen molar-refractivity contribution < 1.29 is 19.1 Å². The molecule has 0 aliphatic heterocycles. The Morgan fingerprint density at radius 1 is 1.25 bits per heavy atom. The van der Waals surface area contributed by atoms with Crippen molar-refractivity contribution >= 4 is 29.2 Å². The molecular weight excluding hydrogens is 287 g/mol. The highest BCUT2D eigenvalue weighted by molar-refractivity contribution is 6.34. The fraction of sp³-hybridized carbons (Fsp3) is 0. The highest BCUT2D eigenvalue weighted by atomic mass is 35.5. The summed E-state index contributed by atoms with van der Waals surface area (Å²) in [6.45, 7) is 0. The minimum Gasteiger partial charge on any atom is -0.478 e. The molecule has 1 aromatic carbocycles. The monoisotopic (exact) mass is 294 g/mol. The van der Waals surface area contributed by atoms with Crippen LogP contribution in [0.25, 0.3) is 0 Å². The van der Waals surface area contributed by atoms with Gasteiger partial charge in [-0.1, -0.05) is 11.6 Å². The summed E-state index contributed by atoms with van der Waals surface area (Å²) in [7, 11) is 0. The van der Waals surface area contributed by atoms with E-state index in [4.69, 9.17) is 16.7 Å². The van der Waals surface area contributed by atoms with Crippen LogP contribution in [-0.2, 0) is 0 Å². The van der Waals surface area contributed by atoms with E-state index in [1.54, 1.807) is 0 Å². The summed E-state index contributed by atoms with van der Waals surface area (Å²) in [4.78, 5) is 26.7. The van der Waals surface area contributed by atoms with Gasteiger partial charge in [-0.05, 0) is 24.3 Å². The molecule has 0 saturated heterocycles. The predicted molar refractivity (Wildman–Crippen MR) is 70.6 cm³/mol. The number of nitrogens with one attached hydrogen (secondary N) is 1. The molecule has 20 heavy (non-hydrogen) atoms. The van der Waals surface area contributed by atoms with Gasteiger partial charge in [0.1, 0.15) is 5.82 Å². The smallest absolute Gasteiger partial charge is 0.337 e. The van der Waals surface area contributed by atoms with E-state index < -0.39 is 17.7 Å². The lowest BCUT2D eigenvalue weighted by atomic mass is 10.1. The van der Waals surface area contributed by atoms with Gasteiger partial charge in [-0.2, -0.15) is 0 Å². The SMILES string of the molecule is O=C(Nc1ccc(F)cc1C(=O)O)c1ccncc1Cl. The third-order valence-electron chi connectivity index (χ3n) is 2.48. The zero-order valence-corrected chi connectivity index (χ0v) is 10.7. The maximum Gasteiger partial charge on any atom is 0.337 e. The number of halogens is 2. The number of pyridine rings is 1. The van der Waals surface area contributed by atoms with Gasteiger partial charge in [-0.25, -0.2) is 9.18 Å². The Labute approximate surface area is 118 Å². The number of hydrogen-bond donors (Lipinski definition) is 2. The molecule has 0 fully saturated rings. The van der Waals surface area contributed by atoms with E-state index in [1.807, 2.05) is 0 Å². The van der Waals surface area contributed by atoms with Crippen molar-refractivity contribution in [3.05, 3.63) is 58.6 Å². The molecule has 102 valence electrons. The third kappa shape index (κ3) is 2.92. The number of aromatic nitrogens is 1. The van der Waals surface area contributed by atoms with E-state index >= 15 is 0 Å². The van der Waals surface area contributed by atoms with Crippen molar-refractivity contribution in [2.45, 2.75) is 0 Å². The number of carboxylic acids is 1. The first-order valence-electron chi connectivity index (χ1n) is 5.42. The highest BCUT2D eigenvalue weighted by Crippen LogP contribution is 2.20. The van der Waals surface area contributed by atoms with E-state index in [0.717, 1.165) is 12.1 Å². The minimum absolute atomic E-state index is 0.0169. The quantitative estimate of drug-likeness (QED) is 0.912. The first kappa shape index (κ1) is 14.0. The first-order valence-corrected chi connectivity index (χ1v) is 5.80. The maximum absolute atomic E-state index is 13.0. The van der Waals surface area contributed by atoms with Gasteiger partial charge < -0.3 is 10.4 Å². The Kier molecular flexibility index (Phi) is 3.95. The largest absolute Gasteiger partial charge is 0.478 e. The van der Waals surface area contributed by atoms with Crippen LogP contribution < -0.4 is 5.32 Å². The maximum atomic E-state index is 13.0. The second kappa shape index (κ2) is 5.66. The first-order chi connectivity index (χ1) is 9.49. The number of benzene rings is 1. The van der Waals surface area contributed by atoms with Gasteiger partial charge in [0.05, 0.1) is 21.8 Å². The summed E-state index contributed by atoms with van der Waals surface area (Å²) < 4.78 is 13.0. The lowest BCUT2D eigenvalue weighted by molar-refractivity contribution is 0.0697. The fourth-order valence-electron chi connectivity index (χ4n) is 1.55. The molecule has 1 amide bonds. The number of carbonyl (C=O) groups excluding carboxylic acids is 1. The van der Waals surface area contributed by atoms with Gasteiger partial charge >= 0.3 is 5.97 Å². The normalized spacial score (nSPS) is 10.1. The summed E-state index contributed by atoms with van der Waals surface area (Å²) in [6.07, 6.45) is 2.67. The van der Waals surface area contributed by atoms with E-state index in [2.05, 4.69) is 10.3 Å². The molecule has 7 heteroatoms. The minimum atomic E-state index is -1.35. The molecule has 0 spiro atoms. The van der Waals surface area contributed by atoms with Crippen LogP contribution in [0.1, 0.15) is 20.7 Å². The van der Waals surface area contributed by atoms with Crippen LogP contribution in [0.2, 0.25) is 5.02 Å².